The highest BCUT2D eigenvalue weighted by Crippen LogP contribution is 2.29. The molecule has 19 heavy (non-hydrogen) atoms. The molecule has 3 nitrogen and oxygen atoms in total. The van der Waals surface area contributed by atoms with E-state index in [2.05, 4.69) is 15.3 Å². The smallest absolute Gasteiger partial charge is 0.225 e. The fourth-order valence-electron chi connectivity index (χ4n) is 1.73. The highest BCUT2D eigenvalue weighted by molar-refractivity contribution is 7.16. The molecule has 3 rings (SSSR count). The van der Waals surface area contributed by atoms with Crippen LogP contribution in [0.15, 0.2) is 29.6 Å². The predicted molar refractivity (Wildman–Crippen MR) is 81.9 cm³/mol. The van der Waals surface area contributed by atoms with Gasteiger partial charge < -0.3 is 5.32 Å². The Labute approximate surface area is 124 Å². The van der Waals surface area contributed by atoms with E-state index in [1.165, 1.54) is 11.3 Å². The summed E-state index contributed by atoms with van der Waals surface area (Å²) >= 11 is 13.6. The summed E-state index contributed by atoms with van der Waals surface area (Å²) in [6.07, 6.45) is 0. The lowest BCUT2D eigenvalue weighted by molar-refractivity contribution is 1.23. The van der Waals surface area contributed by atoms with E-state index in [1.54, 1.807) is 0 Å². The molecule has 0 aliphatic carbocycles. The van der Waals surface area contributed by atoms with Gasteiger partial charge in [0, 0.05) is 10.7 Å². The van der Waals surface area contributed by atoms with E-state index in [4.69, 9.17) is 23.2 Å². The molecule has 1 aromatic carbocycles. The van der Waals surface area contributed by atoms with E-state index >= 15 is 0 Å². The van der Waals surface area contributed by atoms with Crippen molar-refractivity contribution < 1.29 is 0 Å². The van der Waals surface area contributed by atoms with Crippen LogP contribution in [0.4, 0.5) is 11.5 Å². The molecule has 0 saturated heterocycles. The molecule has 6 heteroatoms. The van der Waals surface area contributed by atoms with Gasteiger partial charge >= 0.3 is 0 Å². The Kier molecular flexibility index (Phi) is 3.31. The Hall–Kier alpha value is -1.36. The first-order chi connectivity index (χ1) is 9.13. The molecule has 2 heterocycles. The zero-order chi connectivity index (χ0) is 13.4. The van der Waals surface area contributed by atoms with E-state index < -0.39 is 0 Å². The third kappa shape index (κ3) is 2.52. The average Bonchev–Trinajstić information content (AvgIpc) is 2.82. The highest BCUT2D eigenvalue weighted by atomic mass is 35.5. The van der Waals surface area contributed by atoms with Crippen molar-refractivity contribution in [2.24, 2.45) is 0 Å². The maximum Gasteiger partial charge on any atom is 0.225 e. The quantitative estimate of drug-likeness (QED) is 0.673. The summed E-state index contributed by atoms with van der Waals surface area (Å²) in [5, 5.41) is 7.09. The highest BCUT2D eigenvalue weighted by Gasteiger charge is 2.08. The van der Waals surface area contributed by atoms with Gasteiger partial charge in [-0.2, -0.15) is 4.98 Å². The van der Waals surface area contributed by atoms with Crippen molar-refractivity contribution in [3.63, 3.8) is 0 Å². The van der Waals surface area contributed by atoms with Crippen LogP contribution in [0.25, 0.3) is 10.2 Å². The number of hydrogen-bond acceptors (Lipinski definition) is 4. The van der Waals surface area contributed by atoms with E-state index in [-0.39, 0.29) is 5.28 Å². The van der Waals surface area contributed by atoms with E-state index in [9.17, 15) is 0 Å². The van der Waals surface area contributed by atoms with E-state index in [0.717, 1.165) is 21.5 Å². The lowest BCUT2D eigenvalue weighted by Crippen LogP contribution is -1.96. The van der Waals surface area contributed by atoms with Crippen molar-refractivity contribution >= 4 is 56.3 Å². The van der Waals surface area contributed by atoms with Gasteiger partial charge in [0.25, 0.3) is 0 Å². The van der Waals surface area contributed by atoms with Crippen LogP contribution in [0.5, 0.6) is 0 Å². The molecule has 0 spiro atoms. The molecule has 1 N–H and O–H groups in total. The zero-order valence-corrected chi connectivity index (χ0v) is 12.3. The molecule has 0 fully saturated rings. The van der Waals surface area contributed by atoms with Crippen LogP contribution < -0.4 is 5.32 Å². The second-order valence-electron chi connectivity index (χ2n) is 4.07. The Balaban J connectivity index is 2.04. The number of hydrogen-bond donors (Lipinski definition) is 1. The summed E-state index contributed by atoms with van der Waals surface area (Å²) in [5.74, 6) is 0.691. The topological polar surface area (TPSA) is 37.8 Å². The first-order valence-corrected chi connectivity index (χ1v) is 7.21. The lowest BCUT2D eigenvalue weighted by Gasteiger charge is -2.08. The van der Waals surface area contributed by atoms with E-state index in [0.29, 0.717) is 10.8 Å². The normalized spacial score (nSPS) is 10.9. The van der Waals surface area contributed by atoms with Crippen molar-refractivity contribution in [1.29, 1.82) is 0 Å². The van der Waals surface area contributed by atoms with Gasteiger partial charge in [-0.25, -0.2) is 4.98 Å². The van der Waals surface area contributed by atoms with Crippen molar-refractivity contribution in [3.8, 4) is 0 Å². The molecule has 0 radical (unpaired) electrons. The second-order valence-corrected chi connectivity index (χ2v) is 5.71. The van der Waals surface area contributed by atoms with Crippen molar-refractivity contribution in [2.45, 2.75) is 6.92 Å². The molecule has 0 saturated carbocycles. The van der Waals surface area contributed by atoms with Gasteiger partial charge in [0.05, 0.1) is 5.39 Å². The molecule has 0 amide bonds. The van der Waals surface area contributed by atoms with Crippen LogP contribution in [-0.2, 0) is 0 Å². The standard InChI is InChI=1S/C13H9Cl2N3S/c1-7-2-3-8(6-10(7)14)16-11-9-4-5-19-12(9)18-13(15)17-11/h2-6H,1H3,(H,16,17,18). The maximum atomic E-state index is 6.11. The Morgan fingerprint density at radius 2 is 2.00 bits per heavy atom. The Bertz CT molecular complexity index is 755. The molecule has 96 valence electrons. The van der Waals surface area contributed by atoms with Crippen molar-refractivity contribution in [1.82, 2.24) is 9.97 Å². The van der Waals surface area contributed by atoms with Crippen LogP contribution in [0.3, 0.4) is 0 Å². The minimum absolute atomic E-state index is 0.232. The number of nitrogens with zero attached hydrogens (tertiary/aromatic N) is 2. The minimum atomic E-state index is 0.232. The summed E-state index contributed by atoms with van der Waals surface area (Å²) in [6.45, 7) is 1.96. The third-order valence-corrected chi connectivity index (χ3v) is 4.12. The second kappa shape index (κ2) is 4.96. The third-order valence-electron chi connectivity index (χ3n) is 2.73. The minimum Gasteiger partial charge on any atom is -0.339 e. The number of anilines is 2. The maximum absolute atomic E-state index is 6.11. The van der Waals surface area contributed by atoms with Gasteiger partial charge in [-0.3, -0.25) is 0 Å². The number of aryl methyl sites for hydroxylation is 1. The number of benzene rings is 1. The largest absolute Gasteiger partial charge is 0.339 e. The van der Waals surface area contributed by atoms with Crippen LogP contribution in [0.2, 0.25) is 10.3 Å². The number of halogens is 2. The van der Waals surface area contributed by atoms with Gasteiger partial charge in [0.1, 0.15) is 10.6 Å². The Morgan fingerprint density at radius 3 is 2.79 bits per heavy atom. The summed E-state index contributed by atoms with van der Waals surface area (Å²) in [7, 11) is 0. The molecular weight excluding hydrogens is 301 g/mol. The van der Waals surface area contributed by atoms with Gasteiger partial charge in [-0.1, -0.05) is 17.7 Å². The number of fused-ring (bicyclic) bond motifs is 1. The van der Waals surface area contributed by atoms with Crippen LogP contribution in [-0.4, -0.2) is 9.97 Å². The van der Waals surface area contributed by atoms with Gasteiger partial charge in [-0.05, 0) is 47.7 Å². The number of nitrogens with one attached hydrogen (secondary N) is 1. The molecular formula is C13H9Cl2N3S. The van der Waals surface area contributed by atoms with E-state index in [1.807, 2.05) is 36.6 Å². The number of rotatable bonds is 2. The van der Waals surface area contributed by atoms with Gasteiger partial charge in [-0.15, -0.1) is 11.3 Å². The monoisotopic (exact) mass is 309 g/mol. The first-order valence-electron chi connectivity index (χ1n) is 5.57. The molecule has 0 aliphatic heterocycles. The summed E-state index contributed by atoms with van der Waals surface area (Å²) < 4.78 is 0. The molecule has 0 aliphatic rings. The average molecular weight is 310 g/mol. The van der Waals surface area contributed by atoms with Crippen molar-refractivity contribution in [3.05, 3.63) is 45.5 Å². The predicted octanol–water partition coefficient (Wildman–Crippen LogP) is 5.05. The van der Waals surface area contributed by atoms with Gasteiger partial charge in [0.15, 0.2) is 0 Å². The summed E-state index contributed by atoms with van der Waals surface area (Å²) in [6, 6.07) is 7.74. The molecule has 2 aromatic heterocycles. The fraction of sp³-hybridized carbons (Fsp3) is 0.0769. The zero-order valence-electron chi connectivity index (χ0n) is 9.95. The fourth-order valence-corrected chi connectivity index (χ4v) is 2.90. The lowest BCUT2D eigenvalue weighted by atomic mass is 10.2. The SMILES string of the molecule is Cc1ccc(Nc2nc(Cl)nc3sccc23)cc1Cl. The van der Waals surface area contributed by atoms with Crippen LogP contribution >= 0.6 is 34.5 Å². The first kappa shape index (κ1) is 12.7. The summed E-state index contributed by atoms with van der Waals surface area (Å²) in [4.78, 5) is 9.27. The molecule has 3 aromatic rings. The molecule has 0 atom stereocenters. The Morgan fingerprint density at radius 1 is 1.16 bits per heavy atom. The van der Waals surface area contributed by atoms with Crippen molar-refractivity contribution in [2.75, 3.05) is 5.32 Å². The number of thiophene rings is 1. The number of aromatic nitrogens is 2. The molecule has 0 unspecified atom stereocenters. The van der Waals surface area contributed by atoms with Crippen LogP contribution in [0.1, 0.15) is 5.56 Å². The molecule has 0 bridgehead atoms. The summed E-state index contributed by atoms with van der Waals surface area (Å²) in [5.41, 5.74) is 1.91. The van der Waals surface area contributed by atoms with Gasteiger partial charge in [0.2, 0.25) is 5.28 Å². The van der Waals surface area contributed by atoms with Crippen LogP contribution in [0, 0.1) is 6.92 Å².